The highest BCUT2D eigenvalue weighted by molar-refractivity contribution is 5.71. The molecular weight excluding hydrogens is 366 g/mol. The molecule has 154 valence electrons. The monoisotopic (exact) mass is 395 g/mol. The van der Waals surface area contributed by atoms with E-state index in [4.69, 9.17) is 14.2 Å². The number of carbonyl (C=O) groups excluding carboxylic acids is 1. The average Bonchev–Trinajstić information content (AvgIpc) is 3.22. The maximum absolute atomic E-state index is 12.1. The highest BCUT2D eigenvalue weighted by Gasteiger charge is 2.48. The molecule has 2 saturated heterocycles. The molecule has 0 amide bonds. The lowest BCUT2D eigenvalue weighted by molar-refractivity contribution is -0.156. The summed E-state index contributed by atoms with van der Waals surface area (Å²) in [6.45, 7) is 3.93. The van der Waals surface area contributed by atoms with E-state index in [0.717, 1.165) is 36.9 Å². The Kier molecular flexibility index (Phi) is 6.28. The molecule has 0 aliphatic carbocycles. The van der Waals surface area contributed by atoms with Gasteiger partial charge in [-0.2, -0.15) is 0 Å². The molecule has 29 heavy (non-hydrogen) atoms. The number of nitrogens with zero attached hydrogens (tertiary/aromatic N) is 1. The van der Waals surface area contributed by atoms with Crippen molar-refractivity contribution in [1.29, 1.82) is 0 Å². The third-order valence-electron chi connectivity index (χ3n) is 5.81. The summed E-state index contributed by atoms with van der Waals surface area (Å²) in [5.41, 5.74) is 1.97. The SMILES string of the molecule is CCOC(=O)CN1CCCCC1C1COC(c2ccccc2)(c2ccccc2)O1. The summed E-state index contributed by atoms with van der Waals surface area (Å²) in [6, 6.07) is 20.4. The van der Waals surface area contributed by atoms with Gasteiger partial charge in [-0.15, -0.1) is 0 Å². The molecular formula is C24H29NO4. The van der Waals surface area contributed by atoms with Crippen molar-refractivity contribution in [3.05, 3.63) is 71.8 Å². The standard InChI is InChI=1S/C24H29NO4/c1-2-27-23(26)17-25-16-10-9-15-21(25)22-18-28-24(29-22,19-11-5-3-6-12-19)20-13-7-4-8-14-20/h3-8,11-14,21-22H,2,9-10,15-18H2,1H3. The van der Waals surface area contributed by atoms with E-state index in [1.54, 1.807) is 0 Å². The molecule has 2 aliphatic heterocycles. The molecule has 2 atom stereocenters. The first kappa shape index (κ1) is 20.1. The molecule has 2 unspecified atom stereocenters. The van der Waals surface area contributed by atoms with Gasteiger partial charge in [-0.3, -0.25) is 9.69 Å². The lowest BCUT2D eigenvalue weighted by Crippen LogP contribution is -2.50. The van der Waals surface area contributed by atoms with Gasteiger partial charge in [0.05, 0.1) is 19.8 Å². The molecule has 2 heterocycles. The second kappa shape index (κ2) is 9.08. The van der Waals surface area contributed by atoms with Gasteiger partial charge >= 0.3 is 5.97 Å². The Morgan fingerprint density at radius 3 is 2.34 bits per heavy atom. The van der Waals surface area contributed by atoms with Gasteiger partial charge in [0, 0.05) is 17.2 Å². The van der Waals surface area contributed by atoms with E-state index in [1.165, 1.54) is 0 Å². The summed E-state index contributed by atoms with van der Waals surface area (Å²) in [7, 11) is 0. The predicted octanol–water partition coefficient (Wildman–Crippen LogP) is 3.72. The minimum absolute atomic E-state index is 0.106. The maximum atomic E-state index is 12.1. The number of hydrogen-bond acceptors (Lipinski definition) is 5. The van der Waals surface area contributed by atoms with Crippen LogP contribution in [0.5, 0.6) is 0 Å². The minimum atomic E-state index is -0.916. The Labute approximate surface area is 172 Å². The van der Waals surface area contributed by atoms with Crippen LogP contribution >= 0.6 is 0 Å². The zero-order chi connectivity index (χ0) is 20.1. The lowest BCUT2D eigenvalue weighted by Gasteiger charge is -2.38. The number of hydrogen-bond donors (Lipinski definition) is 0. The number of esters is 1. The van der Waals surface area contributed by atoms with E-state index in [1.807, 2.05) is 67.6 Å². The van der Waals surface area contributed by atoms with Crippen molar-refractivity contribution in [1.82, 2.24) is 4.90 Å². The third-order valence-corrected chi connectivity index (χ3v) is 5.81. The van der Waals surface area contributed by atoms with E-state index in [0.29, 0.717) is 19.8 Å². The van der Waals surface area contributed by atoms with Crippen LogP contribution in [0, 0.1) is 0 Å². The summed E-state index contributed by atoms with van der Waals surface area (Å²) >= 11 is 0. The summed E-state index contributed by atoms with van der Waals surface area (Å²) in [5.74, 6) is -1.09. The Morgan fingerprint density at radius 2 is 1.72 bits per heavy atom. The molecule has 0 aromatic heterocycles. The van der Waals surface area contributed by atoms with Crippen molar-refractivity contribution >= 4 is 5.97 Å². The van der Waals surface area contributed by atoms with Gasteiger partial charge < -0.3 is 14.2 Å². The number of benzene rings is 2. The van der Waals surface area contributed by atoms with E-state index in [2.05, 4.69) is 4.90 Å². The van der Waals surface area contributed by atoms with Gasteiger partial charge in [-0.25, -0.2) is 0 Å². The molecule has 4 rings (SSSR count). The zero-order valence-corrected chi connectivity index (χ0v) is 17.0. The highest BCUT2D eigenvalue weighted by Crippen LogP contribution is 2.42. The Bertz CT molecular complexity index is 756. The first-order valence-corrected chi connectivity index (χ1v) is 10.6. The molecule has 2 aromatic rings. The number of likely N-dealkylation sites (tertiary alicyclic amines) is 1. The Hall–Kier alpha value is -2.21. The van der Waals surface area contributed by atoms with Crippen LogP contribution in [-0.4, -0.2) is 49.3 Å². The van der Waals surface area contributed by atoms with Crippen LogP contribution in [0.25, 0.3) is 0 Å². The summed E-state index contributed by atoms with van der Waals surface area (Å²) in [4.78, 5) is 14.3. The van der Waals surface area contributed by atoms with Gasteiger partial charge in [0.25, 0.3) is 0 Å². The molecule has 5 nitrogen and oxygen atoms in total. The molecule has 2 fully saturated rings. The number of ether oxygens (including phenoxy) is 3. The summed E-state index contributed by atoms with van der Waals surface area (Å²) < 4.78 is 18.3. The minimum Gasteiger partial charge on any atom is -0.465 e. The highest BCUT2D eigenvalue weighted by atomic mass is 16.7. The average molecular weight is 395 g/mol. The molecule has 0 bridgehead atoms. The van der Waals surface area contributed by atoms with Gasteiger partial charge in [0.15, 0.2) is 0 Å². The van der Waals surface area contributed by atoms with Gasteiger partial charge in [0.2, 0.25) is 5.79 Å². The molecule has 0 radical (unpaired) electrons. The predicted molar refractivity (Wildman–Crippen MR) is 110 cm³/mol. The fraction of sp³-hybridized carbons (Fsp3) is 0.458. The lowest BCUT2D eigenvalue weighted by atomic mass is 9.96. The van der Waals surface area contributed by atoms with Crippen LogP contribution in [0.1, 0.15) is 37.3 Å². The van der Waals surface area contributed by atoms with Crippen molar-refractivity contribution in [3.63, 3.8) is 0 Å². The molecule has 0 N–H and O–H groups in total. The molecule has 2 aromatic carbocycles. The maximum Gasteiger partial charge on any atom is 0.320 e. The number of piperidine rings is 1. The smallest absolute Gasteiger partial charge is 0.320 e. The normalized spacial score (nSPS) is 24.3. The van der Waals surface area contributed by atoms with E-state index < -0.39 is 5.79 Å². The summed E-state index contributed by atoms with van der Waals surface area (Å²) in [5, 5.41) is 0. The van der Waals surface area contributed by atoms with Crippen LogP contribution in [0.4, 0.5) is 0 Å². The topological polar surface area (TPSA) is 48.0 Å². The van der Waals surface area contributed by atoms with Crippen molar-refractivity contribution in [2.24, 2.45) is 0 Å². The Balaban J connectivity index is 1.59. The number of rotatable bonds is 6. The van der Waals surface area contributed by atoms with Crippen LogP contribution < -0.4 is 0 Å². The Morgan fingerprint density at radius 1 is 1.07 bits per heavy atom. The largest absolute Gasteiger partial charge is 0.465 e. The van der Waals surface area contributed by atoms with E-state index in [9.17, 15) is 4.79 Å². The van der Waals surface area contributed by atoms with Crippen LogP contribution in [0.15, 0.2) is 60.7 Å². The first-order valence-electron chi connectivity index (χ1n) is 10.6. The molecule has 5 heteroatoms. The van der Waals surface area contributed by atoms with Crippen LogP contribution in [-0.2, 0) is 24.8 Å². The van der Waals surface area contributed by atoms with Crippen molar-refractivity contribution in [2.75, 3.05) is 26.3 Å². The molecule has 2 aliphatic rings. The molecule has 0 saturated carbocycles. The van der Waals surface area contributed by atoms with Crippen molar-refractivity contribution < 1.29 is 19.0 Å². The van der Waals surface area contributed by atoms with Gasteiger partial charge in [-0.05, 0) is 26.3 Å². The van der Waals surface area contributed by atoms with Crippen LogP contribution in [0.2, 0.25) is 0 Å². The van der Waals surface area contributed by atoms with Crippen LogP contribution in [0.3, 0.4) is 0 Å². The number of carbonyl (C=O) groups is 1. The van der Waals surface area contributed by atoms with Gasteiger partial charge in [0.1, 0.15) is 6.10 Å². The zero-order valence-electron chi connectivity index (χ0n) is 17.0. The van der Waals surface area contributed by atoms with Crippen molar-refractivity contribution in [3.8, 4) is 0 Å². The van der Waals surface area contributed by atoms with Gasteiger partial charge in [-0.1, -0.05) is 67.1 Å². The summed E-state index contributed by atoms with van der Waals surface area (Å²) in [6.07, 6.45) is 3.11. The molecule has 0 spiro atoms. The van der Waals surface area contributed by atoms with E-state index >= 15 is 0 Å². The quantitative estimate of drug-likeness (QED) is 0.698. The fourth-order valence-electron chi connectivity index (χ4n) is 4.46. The second-order valence-corrected chi connectivity index (χ2v) is 7.65. The first-order chi connectivity index (χ1) is 14.2. The third kappa shape index (κ3) is 4.22. The van der Waals surface area contributed by atoms with E-state index in [-0.39, 0.29) is 18.1 Å². The second-order valence-electron chi connectivity index (χ2n) is 7.65. The van der Waals surface area contributed by atoms with Crippen molar-refractivity contribution in [2.45, 2.75) is 44.1 Å². The fourth-order valence-corrected chi connectivity index (χ4v) is 4.46.